The van der Waals surface area contributed by atoms with Gasteiger partial charge in [-0.05, 0) is 20.8 Å². The lowest BCUT2D eigenvalue weighted by Gasteiger charge is -2.33. The summed E-state index contributed by atoms with van der Waals surface area (Å²) < 4.78 is 30.4. The summed E-state index contributed by atoms with van der Waals surface area (Å²) in [5, 5.41) is 8.23. The smallest absolute Gasteiger partial charge is 0.257 e. The molecule has 3 heterocycles. The molecular formula is C16H24N6O3S. The molecule has 1 saturated heterocycles. The Morgan fingerprint density at radius 1 is 1.08 bits per heavy atom. The maximum absolute atomic E-state index is 12.8. The van der Waals surface area contributed by atoms with E-state index in [0.717, 1.165) is 5.69 Å². The van der Waals surface area contributed by atoms with Crippen LogP contribution in [0.4, 0.5) is 0 Å². The molecule has 0 aliphatic carbocycles. The van der Waals surface area contributed by atoms with Crippen LogP contribution in [0.15, 0.2) is 17.3 Å². The van der Waals surface area contributed by atoms with E-state index in [0.29, 0.717) is 30.9 Å². The highest BCUT2D eigenvalue weighted by Gasteiger charge is 2.33. The van der Waals surface area contributed by atoms with Crippen LogP contribution in [0.1, 0.15) is 28.7 Å². The Labute approximate surface area is 153 Å². The van der Waals surface area contributed by atoms with Gasteiger partial charge >= 0.3 is 0 Å². The fourth-order valence-electron chi connectivity index (χ4n) is 3.15. The maximum atomic E-state index is 12.8. The quantitative estimate of drug-likeness (QED) is 0.765. The monoisotopic (exact) mass is 380 g/mol. The van der Waals surface area contributed by atoms with E-state index in [4.69, 9.17) is 0 Å². The summed E-state index contributed by atoms with van der Waals surface area (Å²) in [5.74, 6) is -0.100. The number of amides is 1. The van der Waals surface area contributed by atoms with Crippen molar-refractivity contribution in [3.05, 3.63) is 29.3 Å². The second-order valence-electron chi connectivity index (χ2n) is 6.37. The first-order valence-corrected chi connectivity index (χ1v) is 10.0. The highest BCUT2D eigenvalue weighted by Crippen LogP contribution is 2.21. The van der Waals surface area contributed by atoms with Crippen LogP contribution in [-0.2, 0) is 23.6 Å². The summed E-state index contributed by atoms with van der Waals surface area (Å²) in [6, 6.07) is 0. The van der Waals surface area contributed by atoms with Crippen molar-refractivity contribution < 1.29 is 13.2 Å². The van der Waals surface area contributed by atoms with Crippen molar-refractivity contribution in [1.29, 1.82) is 0 Å². The minimum atomic E-state index is -3.60. The number of piperazine rings is 1. The number of carbonyl (C=O) groups excluding carboxylic acids is 1. The van der Waals surface area contributed by atoms with Crippen molar-refractivity contribution in [1.82, 2.24) is 28.8 Å². The van der Waals surface area contributed by atoms with Crippen LogP contribution in [0.25, 0.3) is 0 Å². The van der Waals surface area contributed by atoms with E-state index < -0.39 is 10.0 Å². The van der Waals surface area contributed by atoms with E-state index in [1.165, 1.54) is 10.5 Å². The molecule has 2 aromatic rings. The largest absolute Gasteiger partial charge is 0.336 e. The van der Waals surface area contributed by atoms with Crippen LogP contribution in [0.3, 0.4) is 0 Å². The molecule has 2 aromatic heterocycles. The molecular weight excluding hydrogens is 356 g/mol. The summed E-state index contributed by atoms with van der Waals surface area (Å²) in [6.45, 7) is 7.52. The second-order valence-corrected chi connectivity index (χ2v) is 8.28. The summed E-state index contributed by atoms with van der Waals surface area (Å²) in [6.07, 6.45) is 2.97. The van der Waals surface area contributed by atoms with E-state index in [-0.39, 0.29) is 23.9 Å². The topological polar surface area (TPSA) is 93.3 Å². The molecule has 9 nitrogen and oxygen atoms in total. The van der Waals surface area contributed by atoms with Gasteiger partial charge in [-0.25, -0.2) is 8.42 Å². The van der Waals surface area contributed by atoms with Crippen LogP contribution in [0, 0.1) is 13.8 Å². The van der Waals surface area contributed by atoms with Gasteiger partial charge in [0.05, 0.1) is 23.7 Å². The first kappa shape index (κ1) is 18.6. The summed E-state index contributed by atoms with van der Waals surface area (Å²) in [7, 11) is -1.89. The first-order chi connectivity index (χ1) is 12.3. The van der Waals surface area contributed by atoms with Gasteiger partial charge in [-0.3, -0.25) is 14.2 Å². The highest BCUT2D eigenvalue weighted by molar-refractivity contribution is 7.89. The van der Waals surface area contributed by atoms with Gasteiger partial charge in [0.15, 0.2) is 0 Å². The van der Waals surface area contributed by atoms with Crippen molar-refractivity contribution in [3.63, 3.8) is 0 Å². The Hall–Kier alpha value is -2.20. The Bertz CT molecular complexity index is 922. The standard InChI is InChI=1S/C16H24N6O3S/c1-5-22-12(2)14(10-18-22)16(23)20-6-8-21(9-7-20)26(24,25)15-11-17-19(4)13(15)3/h10-11H,5-9H2,1-4H3. The lowest BCUT2D eigenvalue weighted by atomic mass is 10.2. The molecule has 10 heteroatoms. The number of carbonyl (C=O) groups is 1. The Morgan fingerprint density at radius 2 is 1.73 bits per heavy atom. The Morgan fingerprint density at radius 3 is 2.23 bits per heavy atom. The van der Waals surface area contributed by atoms with E-state index in [9.17, 15) is 13.2 Å². The maximum Gasteiger partial charge on any atom is 0.257 e. The molecule has 0 atom stereocenters. The minimum Gasteiger partial charge on any atom is -0.336 e. The average molecular weight is 380 g/mol. The molecule has 0 N–H and O–H groups in total. The third-order valence-corrected chi connectivity index (χ3v) is 6.97. The van der Waals surface area contributed by atoms with Crippen molar-refractivity contribution in [2.45, 2.75) is 32.2 Å². The van der Waals surface area contributed by atoms with Gasteiger partial charge in [-0.15, -0.1) is 0 Å². The third kappa shape index (κ3) is 3.03. The van der Waals surface area contributed by atoms with Crippen LogP contribution < -0.4 is 0 Å². The molecule has 26 heavy (non-hydrogen) atoms. The predicted molar refractivity (Wildman–Crippen MR) is 95.2 cm³/mol. The molecule has 0 spiro atoms. The van der Waals surface area contributed by atoms with Crippen LogP contribution >= 0.6 is 0 Å². The van der Waals surface area contributed by atoms with E-state index in [2.05, 4.69) is 10.2 Å². The lowest BCUT2D eigenvalue weighted by molar-refractivity contribution is 0.0697. The van der Waals surface area contributed by atoms with Crippen LogP contribution in [-0.4, -0.2) is 69.3 Å². The summed E-state index contributed by atoms with van der Waals surface area (Å²) in [4.78, 5) is 14.6. The van der Waals surface area contributed by atoms with Gasteiger partial charge in [0, 0.05) is 45.5 Å². The zero-order chi connectivity index (χ0) is 19.1. The second kappa shape index (κ2) is 6.84. The number of rotatable bonds is 4. The molecule has 0 radical (unpaired) electrons. The molecule has 0 saturated carbocycles. The van der Waals surface area contributed by atoms with E-state index in [1.807, 2.05) is 13.8 Å². The normalized spacial score (nSPS) is 16.2. The van der Waals surface area contributed by atoms with E-state index >= 15 is 0 Å². The Balaban J connectivity index is 1.72. The first-order valence-electron chi connectivity index (χ1n) is 8.57. The predicted octanol–water partition coefficient (Wildman–Crippen LogP) is 0.400. The molecule has 1 amide bonds. The van der Waals surface area contributed by atoms with Crippen LogP contribution in [0.2, 0.25) is 0 Å². The molecule has 142 valence electrons. The third-order valence-electron chi connectivity index (χ3n) is 4.97. The molecule has 0 bridgehead atoms. The minimum absolute atomic E-state index is 0.100. The van der Waals surface area contributed by atoms with Gasteiger partial charge in [0.2, 0.25) is 10.0 Å². The zero-order valence-corrected chi connectivity index (χ0v) is 16.3. The van der Waals surface area contributed by atoms with Gasteiger partial charge in [0.1, 0.15) is 4.90 Å². The molecule has 3 rings (SSSR count). The zero-order valence-electron chi connectivity index (χ0n) is 15.5. The summed E-state index contributed by atoms with van der Waals surface area (Å²) in [5.41, 5.74) is 2.01. The van der Waals surface area contributed by atoms with Gasteiger partial charge in [0.25, 0.3) is 5.91 Å². The Kier molecular flexibility index (Phi) is 4.89. The lowest BCUT2D eigenvalue weighted by Crippen LogP contribution is -2.50. The number of nitrogens with zero attached hydrogens (tertiary/aromatic N) is 6. The highest BCUT2D eigenvalue weighted by atomic mass is 32.2. The van der Waals surface area contributed by atoms with Gasteiger partial charge in [-0.1, -0.05) is 0 Å². The summed E-state index contributed by atoms with van der Waals surface area (Å²) >= 11 is 0. The fraction of sp³-hybridized carbons (Fsp3) is 0.562. The molecule has 0 unspecified atom stereocenters. The van der Waals surface area contributed by atoms with Crippen molar-refractivity contribution in [2.24, 2.45) is 7.05 Å². The number of sulfonamides is 1. The average Bonchev–Trinajstić information content (AvgIpc) is 3.17. The van der Waals surface area contributed by atoms with Crippen molar-refractivity contribution >= 4 is 15.9 Å². The van der Waals surface area contributed by atoms with Gasteiger partial charge < -0.3 is 4.90 Å². The van der Waals surface area contributed by atoms with Crippen molar-refractivity contribution in [2.75, 3.05) is 26.2 Å². The SMILES string of the molecule is CCn1ncc(C(=O)N2CCN(S(=O)(=O)c3cnn(C)c3C)CC2)c1C. The number of aromatic nitrogens is 4. The molecule has 1 aliphatic heterocycles. The van der Waals surface area contributed by atoms with Gasteiger partial charge in [-0.2, -0.15) is 14.5 Å². The molecule has 1 fully saturated rings. The molecule has 0 aromatic carbocycles. The number of hydrogen-bond donors (Lipinski definition) is 0. The van der Waals surface area contributed by atoms with Crippen molar-refractivity contribution in [3.8, 4) is 0 Å². The molecule has 1 aliphatic rings. The fourth-order valence-corrected chi connectivity index (χ4v) is 4.76. The number of aryl methyl sites for hydroxylation is 2. The van der Waals surface area contributed by atoms with Crippen LogP contribution in [0.5, 0.6) is 0 Å². The number of hydrogen-bond acceptors (Lipinski definition) is 5. The van der Waals surface area contributed by atoms with E-state index in [1.54, 1.807) is 34.4 Å².